The van der Waals surface area contributed by atoms with E-state index in [1.807, 2.05) is 64.5 Å². The highest BCUT2D eigenvalue weighted by molar-refractivity contribution is 5.98. The van der Waals surface area contributed by atoms with Gasteiger partial charge in [0, 0.05) is 36.5 Å². The van der Waals surface area contributed by atoms with Crippen LogP contribution in [-0.2, 0) is 9.53 Å². The Morgan fingerprint density at radius 2 is 1.81 bits per heavy atom. The number of piperazine rings is 1. The van der Waals surface area contributed by atoms with Crippen LogP contribution >= 0.6 is 0 Å². The lowest BCUT2D eigenvalue weighted by molar-refractivity contribution is -0.119. The van der Waals surface area contributed by atoms with E-state index < -0.39 is 18.0 Å². The van der Waals surface area contributed by atoms with Crippen molar-refractivity contribution in [1.82, 2.24) is 20.2 Å². The molecule has 1 atom stereocenters. The quantitative estimate of drug-likeness (QED) is 0.317. The third-order valence-electron chi connectivity index (χ3n) is 7.61. The molecule has 0 spiro atoms. The number of hydrazone groups is 1. The summed E-state index contributed by atoms with van der Waals surface area (Å²) in [5, 5.41) is 10.2. The SMILES string of the molecule is CC(=O)NC[C@H]1CN(c2ccc(-c3ccc(C=NN4CCN(C(=O)c5cc6ccccc6[nH]5)CC4)cc3)c(F)c2)C(=O)O1. The summed E-state index contributed by atoms with van der Waals surface area (Å²) in [7, 11) is 0. The molecule has 2 saturated heterocycles. The fourth-order valence-corrected chi connectivity index (χ4v) is 5.27. The maximum atomic E-state index is 15.1. The molecular weight excluding hydrogens is 551 g/mol. The van der Waals surface area contributed by atoms with Gasteiger partial charge in [0.2, 0.25) is 5.91 Å². The van der Waals surface area contributed by atoms with E-state index in [9.17, 15) is 14.4 Å². The number of ether oxygens (including phenoxy) is 1. The molecule has 6 rings (SSSR count). The number of H-pyrrole nitrogens is 1. The van der Waals surface area contributed by atoms with Crippen LogP contribution in [-0.4, -0.2) is 84.4 Å². The number of hydrogen-bond acceptors (Lipinski definition) is 6. The van der Waals surface area contributed by atoms with Gasteiger partial charge in [0.1, 0.15) is 17.6 Å². The second-order valence-electron chi connectivity index (χ2n) is 10.6. The average molecular weight is 583 g/mol. The molecule has 0 unspecified atom stereocenters. The van der Waals surface area contributed by atoms with Gasteiger partial charge in [0.15, 0.2) is 0 Å². The highest BCUT2D eigenvalue weighted by Gasteiger charge is 2.32. The molecule has 0 saturated carbocycles. The maximum absolute atomic E-state index is 15.1. The fourth-order valence-electron chi connectivity index (χ4n) is 5.27. The predicted octanol–water partition coefficient (Wildman–Crippen LogP) is 4.23. The van der Waals surface area contributed by atoms with Crippen LogP contribution in [0.15, 0.2) is 77.9 Å². The average Bonchev–Trinajstić information content (AvgIpc) is 3.62. The van der Waals surface area contributed by atoms with Crippen molar-refractivity contribution in [2.75, 3.05) is 44.2 Å². The van der Waals surface area contributed by atoms with Crippen LogP contribution < -0.4 is 10.2 Å². The number of cyclic esters (lactones) is 1. The molecule has 4 aromatic rings. The van der Waals surface area contributed by atoms with Crippen molar-refractivity contribution in [3.05, 3.63) is 89.9 Å². The highest BCUT2D eigenvalue weighted by Crippen LogP contribution is 2.29. The largest absolute Gasteiger partial charge is 0.442 e. The van der Waals surface area contributed by atoms with Crippen LogP contribution in [0.3, 0.4) is 0 Å². The monoisotopic (exact) mass is 582 g/mol. The van der Waals surface area contributed by atoms with Gasteiger partial charge in [-0.05, 0) is 41.5 Å². The zero-order chi connectivity index (χ0) is 29.9. The van der Waals surface area contributed by atoms with Gasteiger partial charge in [-0.1, -0.05) is 42.5 Å². The number of carbonyl (C=O) groups excluding carboxylic acids is 3. The summed E-state index contributed by atoms with van der Waals surface area (Å²) >= 11 is 0. The molecule has 2 aliphatic rings. The molecule has 43 heavy (non-hydrogen) atoms. The van der Waals surface area contributed by atoms with Crippen LogP contribution in [0.5, 0.6) is 0 Å². The molecule has 2 fully saturated rings. The van der Waals surface area contributed by atoms with E-state index >= 15 is 4.39 Å². The van der Waals surface area contributed by atoms with E-state index in [0.717, 1.165) is 16.5 Å². The molecule has 3 heterocycles. The summed E-state index contributed by atoms with van der Waals surface area (Å²) in [5.41, 5.74) is 3.90. The number of nitrogens with one attached hydrogen (secondary N) is 2. The zero-order valence-corrected chi connectivity index (χ0v) is 23.6. The number of amides is 3. The summed E-state index contributed by atoms with van der Waals surface area (Å²) in [6.07, 6.45) is 0.688. The van der Waals surface area contributed by atoms with Gasteiger partial charge in [-0.15, -0.1) is 0 Å². The topological polar surface area (TPSA) is 110 Å². The van der Waals surface area contributed by atoms with Crippen molar-refractivity contribution in [3.8, 4) is 11.1 Å². The summed E-state index contributed by atoms with van der Waals surface area (Å²) in [5.74, 6) is -0.685. The molecule has 2 N–H and O–H groups in total. The van der Waals surface area contributed by atoms with Crippen molar-refractivity contribution < 1.29 is 23.5 Å². The molecule has 3 amide bonds. The van der Waals surface area contributed by atoms with Crippen molar-refractivity contribution >= 4 is 40.7 Å². The minimum atomic E-state index is -0.576. The number of carbonyl (C=O) groups is 3. The van der Waals surface area contributed by atoms with Gasteiger partial charge in [0.05, 0.1) is 38.1 Å². The lowest BCUT2D eigenvalue weighted by Gasteiger charge is -2.32. The van der Waals surface area contributed by atoms with E-state index in [-0.39, 0.29) is 24.9 Å². The molecule has 0 aliphatic carbocycles. The molecule has 11 heteroatoms. The number of aromatic amines is 1. The fraction of sp³-hybridized carbons (Fsp3) is 0.250. The normalized spacial score (nSPS) is 17.1. The molecule has 0 radical (unpaired) electrons. The van der Waals surface area contributed by atoms with Gasteiger partial charge in [0.25, 0.3) is 5.91 Å². The number of aromatic nitrogens is 1. The lowest BCUT2D eigenvalue weighted by atomic mass is 10.0. The Morgan fingerprint density at radius 1 is 1.05 bits per heavy atom. The van der Waals surface area contributed by atoms with Gasteiger partial charge >= 0.3 is 6.09 Å². The highest BCUT2D eigenvalue weighted by atomic mass is 19.1. The molecule has 220 valence electrons. The van der Waals surface area contributed by atoms with Crippen molar-refractivity contribution in [3.63, 3.8) is 0 Å². The van der Waals surface area contributed by atoms with Crippen LogP contribution in [0.2, 0.25) is 0 Å². The maximum Gasteiger partial charge on any atom is 0.414 e. The third-order valence-corrected chi connectivity index (χ3v) is 7.61. The van der Waals surface area contributed by atoms with E-state index in [1.165, 1.54) is 17.9 Å². The minimum Gasteiger partial charge on any atom is -0.442 e. The first-order valence-electron chi connectivity index (χ1n) is 14.1. The number of hydrogen-bond donors (Lipinski definition) is 2. The Morgan fingerprint density at radius 3 is 2.53 bits per heavy atom. The van der Waals surface area contributed by atoms with Crippen LogP contribution in [0.25, 0.3) is 22.0 Å². The number of nitrogens with zero attached hydrogens (tertiary/aromatic N) is 4. The first kappa shape index (κ1) is 28.0. The van der Waals surface area contributed by atoms with Crippen molar-refractivity contribution in [1.29, 1.82) is 0 Å². The van der Waals surface area contributed by atoms with E-state index in [4.69, 9.17) is 4.74 Å². The number of anilines is 1. The van der Waals surface area contributed by atoms with Crippen LogP contribution in [0.1, 0.15) is 23.0 Å². The lowest BCUT2D eigenvalue weighted by Crippen LogP contribution is -2.46. The standard InChI is InChI=1S/C32H31FN6O4/c1-21(40)34-19-26-20-39(32(42)43-26)25-10-11-27(28(33)17-25)23-8-6-22(7-9-23)18-35-38-14-12-37(13-15-38)31(41)30-16-24-4-2-3-5-29(24)36-30/h2-11,16-18,26,36H,12-15,19-20H2,1H3,(H,34,40)/t26-/m0/s1. The first-order valence-corrected chi connectivity index (χ1v) is 14.1. The Labute approximate surface area is 247 Å². The van der Waals surface area contributed by atoms with Gasteiger partial charge < -0.3 is 19.9 Å². The van der Waals surface area contributed by atoms with Gasteiger partial charge in [-0.25, -0.2) is 9.18 Å². The number of halogens is 1. The molecular formula is C32H31FN6O4. The van der Waals surface area contributed by atoms with E-state index in [1.54, 1.807) is 18.3 Å². The van der Waals surface area contributed by atoms with Crippen LogP contribution in [0, 0.1) is 5.82 Å². The molecule has 1 aromatic heterocycles. The minimum absolute atomic E-state index is 0.0118. The van der Waals surface area contributed by atoms with Gasteiger partial charge in [-0.2, -0.15) is 5.10 Å². The molecule has 2 aliphatic heterocycles. The van der Waals surface area contributed by atoms with E-state index in [2.05, 4.69) is 15.4 Å². The Kier molecular flexibility index (Phi) is 7.78. The molecule has 0 bridgehead atoms. The predicted molar refractivity (Wildman–Crippen MR) is 162 cm³/mol. The zero-order valence-electron chi connectivity index (χ0n) is 23.6. The second kappa shape index (κ2) is 12.0. The number of rotatable bonds is 7. The van der Waals surface area contributed by atoms with E-state index in [0.29, 0.717) is 48.7 Å². The molecule has 10 nitrogen and oxygen atoms in total. The number of fused-ring (bicyclic) bond motifs is 1. The third kappa shape index (κ3) is 6.20. The first-order chi connectivity index (χ1) is 20.8. The Hall–Kier alpha value is -5.19. The smallest absolute Gasteiger partial charge is 0.414 e. The van der Waals surface area contributed by atoms with Crippen LogP contribution in [0.4, 0.5) is 14.9 Å². The van der Waals surface area contributed by atoms with Crippen molar-refractivity contribution in [2.24, 2.45) is 5.10 Å². The number of para-hydroxylation sites is 1. The Bertz CT molecular complexity index is 1660. The van der Waals surface area contributed by atoms with Crippen molar-refractivity contribution in [2.45, 2.75) is 13.0 Å². The summed E-state index contributed by atoms with van der Waals surface area (Å²) in [4.78, 5) is 42.8. The summed E-state index contributed by atoms with van der Waals surface area (Å²) < 4.78 is 20.4. The second-order valence-corrected chi connectivity index (χ2v) is 10.6. The summed E-state index contributed by atoms with van der Waals surface area (Å²) in [6.45, 7) is 4.21. The summed E-state index contributed by atoms with van der Waals surface area (Å²) in [6, 6.07) is 21.7. The number of benzene rings is 3. The Balaban J connectivity index is 1.03. The van der Waals surface area contributed by atoms with Gasteiger partial charge in [-0.3, -0.25) is 19.5 Å². The molecule has 3 aromatic carbocycles.